The van der Waals surface area contributed by atoms with Crippen molar-refractivity contribution in [1.82, 2.24) is 5.32 Å². The van der Waals surface area contributed by atoms with E-state index >= 15 is 0 Å². The Morgan fingerprint density at radius 2 is 2.11 bits per heavy atom. The molecule has 1 N–H and O–H groups in total. The number of ether oxygens (including phenoxy) is 1. The third-order valence-electron chi connectivity index (χ3n) is 3.59. The van der Waals surface area contributed by atoms with Crippen molar-refractivity contribution in [3.05, 3.63) is 29.8 Å². The molecule has 0 bridgehead atoms. The van der Waals surface area contributed by atoms with Crippen molar-refractivity contribution in [1.29, 1.82) is 0 Å². The first-order chi connectivity index (χ1) is 8.83. The first-order valence-corrected chi connectivity index (χ1v) is 6.91. The van der Waals surface area contributed by atoms with E-state index in [0.717, 1.165) is 26.2 Å². The summed E-state index contributed by atoms with van der Waals surface area (Å²) in [4.78, 5) is 2.43. The average Bonchev–Trinajstić information content (AvgIpc) is 2.46. The molecule has 0 aliphatic carbocycles. The summed E-state index contributed by atoms with van der Waals surface area (Å²) in [6.45, 7) is 6.27. The van der Waals surface area contributed by atoms with Crippen LogP contribution in [-0.2, 0) is 11.3 Å². The van der Waals surface area contributed by atoms with Crippen molar-refractivity contribution in [2.45, 2.75) is 32.4 Å². The van der Waals surface area contributed by atoms with Crippen LogP contribution in [0.2, 0.25) is 0 Å². The monoisotopic (exact) mass is 248 g/mol. The van der Waals surface area contributed by atoms with Crippen LogP contribution in [0.25, 0.3) is 0 Å². The van der Waals surface area contributed by atoms with Crippen LogP contribution in [0.1, 0.15) is 25.3 Å². The highest BCUT2D eigenvalue weighted by Crippen LogP contribution is 2.21. The van der Waals surface area contributed by atoms with Crippen molar-refractivity contribution in [2.24, 2.45) is 0 Å². The van der Waals surface area contributed by atoms with Gasteiger partial charge in [-0.05, 0) is 37.1 Å². The number of rotatable bonds is 5. The summed E-state index contributed by atoms with van der Waals surface area (Å²) in [6.07, 6.45) is 2.79. The summed E-state index contributed by atoms with van der Waals surface area (Å²) >= 11 is 0. The Kier molecular flexibility index (Phi) is 5.02. The van der Waals surface area contributed by atoms with Gasteiger partial charge in [0.15, 0.2) is 0 Å². The van der Waals surface area contributed by atoms with Crippen molar-refractivity contribution < 1.29 is 4.74 Å². The van der Waals surface area contributed by atoms with E-state index in [2.05, 4.69) is 41.4 Å². The molecule has 1 aromatic carbocycles. The minimum atomic E-state index is 0.389. The predicted molar refractivity (Wildman–Crippen MR) is 76.1 cm³/mol. The van der Waals surface area contributed by atoms with E-state index in [9.17, 15) is 0 Å². The molecule has 0 aromatic heterocycles. The fourth-order valence-corrected chi connectivity index (χ4v) is 2.46. The van der Waals surface area contributed by atoms with Gasteiger partial charge in [0.2, 0.25) is 0 Å². The molecule has 1 aliphatic rings. The minimum Gasteiger partial charge on any atom is -0.380 e. The van der Waals surface area contributed by atoms with E-state index < -0.39 is 0 Å². The molecule has 18 heavy (non-hydrogen) atoms. The summed E-state index contributed by atoms with van der Waals surface area (Å²) in [7, 11) is 1.81. The number of nitrogens with zero attached hydrogens (tertiary/aromatic N) is 1. The number of nitrogens with one attached hydrogen (secondary N) is 1. The number of piperidine rings is 1. The lowest BCUT2D eigenvalue weighted by molar-refractivity contribution is 0.0893. The van der Waals surface area contributed by atoms with E-state index in [4.69, 9.17) is 4.74 Å². The molecular weight excluding hydrogens is 224 g/mol. The zero-order valence-electron chi connectivity index (χ0n) is 11.5. The van der Waals surface area contributed by atoms with E-state index in [-0.39, 0.29) is 0 Å². The van der Waals surface area contributed by atoms with Crippen LogP contribution < -0.4 is 10.2 Å². The summed E-state index contributed by atoms with van der Waals surface area (Å²) in [5.74, 6) is 0. The van der Waals surface area contributed by atoms with Gasteiger partial charge in [-0.2, -0.15) is 0 Å². The highest BCUT2D eigenvalue weighted by Gasteiger charge is 2.19. The van der Waals surface area contributed by atoms with Crippen LogP contribution in [0.4, 0.5) is 5.69 Å². The van der Waals surface area contributed by atoms with Crippen LogP contribution in [0.5, 0.6) is 0 Å². The second-order valence-corrected chi connectivity index (χ2v) is 4.89. The Balaban J connectivity index is 1.96. The molecule has 3 nitrogen and oxygen atoms in total. The summed E-state index contributed by atoms with van der Waals surface area (Å²) < 4.78 is 5.47. The number of hydrogen-bond acceptors (Lipinski definition) is 3. The highest BCUT2D eigenvalue weighted by atomic mass is 16.5. The summed E-state index contributed by atoms with van der Waals surface area (Å²) in [5, 5.41) is 3.35. The molecule has 2 rings (SSSR count). The second-order valence-electron chi connectivity index (χ2n) is 4.89. The van der Waals surface area contributed by atoms with E-state index in [0.29, 0.717) is 6.10 Å². The molecule has 1 heterocycles. The Bertz CT molecular complexity index is 350. The maximum Gasteiger partial charge on any atom is 0.0746 e. The fourth-order valence-electron chi connectivity index (χ4n) is 2.46. The lowest BCUT2D eigenvalue weighted by atomic mass is 10.1. The van der Waals surface area contributed by atoms with Gasteiger partial charge < -0.3 is 15.0 Å². The fraction of sp³-hybridized carbons (Fsp3) is 0.600. The van der Waals surface area contributed by atoms with Gasteiger partial charge >= 0.3 is 0 Å². The Labute approximate surface area is 110 Å². The molecule has 1 aromatic rings. The SMILES string of the molecule is CCNCc1ccc(N2CCCC(OC)C2)cc1. The molecule has 3 heteroatoms. The molecule has 0 spiro atoms. The standard InChI is InChI=1S/C15H24N2O/c1-3-16-11-13-6-8-14(9-7-13)17-10-4-5-15(12-17)18-2/h6-9,15-16H,3-5,10-12H2,1-2H3. The first kappa shape index (κ1) is 13.4. The minimum absolute atomic E-state index is 0.389. The van der Waals surface area contributed by atoms with Crippen molar-refractivity contribution in [3.63, 3.8) is 0 Å². The van der Waals surface area contributed by atoms with Crippen LogP contribution in [0.15, 0.2) is 24.3 Å². The Morgan fingerprint density at radius 3 is 2.78 bits per heavy atom. The van der Waals surface area contributed by atoms with E-state index in [1.165, 1.54) is 24.1 Å². The molecule has 0 saturated carbocycles. The lowest BCUT2D eigenvalue weighted by Crippen LogP contribution is -2.39. The molecule has 0 amide bonds. The maximum atomic E-state index is 5.47. The van der Waals surface area contributed by atoms with Gasteiger partial charge in [0.25, 0.3) is 0 Å². The van der Waals surface area contributed by atoms with Gasteiger partial charge in [-0.25, -0.2) is 0 Å². The van der Waals surface area contributed by atoms with Gasteiger partial charge in [0.05, 0.1) is 6.10 Å². The third-order valence-corrected chi connectivity index (χ3v) is 3.59. The first-order valence-electron chi connectivity index (χ1n) is 6.91. The molecule has 0 radical (unpaired) electrons. The van der Waals surface area contributed by atoms with Crippen LogP contribution in [0.3, 0.4) is 0 Å². The Hall–Kier alpha value is -1.06. The van der Waals surface area contributed by atoms with Crippen LogP contribution in [0, 0.1) is 0 Å². The molecule has 1 unspecified atom stereocenters. The van der Waals surface area contributed by atoms with Gasteiger partial charge in [-0.1, -0.05) is 19.1 Å². The lowest BCUT2D eigenvalue weighted by Gasteiger charge is -2.33. The summed E-state index contributed by atoms with van der Waals surface area (Å²) in [6, 6.07) is 8.89. The zero-order chi connectivity index (χ0) is 12.8. The molecule has 1 aliphatic heterocycles. The maximum absolute atomic E-state index is 5.47. The number of anilines is 1. The molecule has 1 atom stereocenters. The summed E-state index contributed by atoms with van der Waals surface area (Å²) in [5.41, 5.74) is 2.66. The van der Waals surface area contributed by atoms with E-state index in [1.54, 1.807) is 0 Å². The van der Waals surface area contributed by atoms with Gasteiger partial charge in [0, 0.05) is 32.4 Å². The molecule has 100 valence electrons. The average molecular weight is 248 g/mol. The Morgan fingerprint density at radius 1 is 1.33 bits per heavy atom. The highest BCUT2D eigenvalue weighted by molar-refractivity contribution is 5.48. The van der Waals surface area contributed by atoms with Gasteiger partial charge in [-0.15, -0.1) is 0 Å². The largest absolute Gasteiger partial charge is 0.380 e. The normalized spacial score (nSPS) is 20.1. The number of methoxy groups -OCH3 is 1. The zero-order valence-corrected chi connectivity index (χ0v) is 11.5. The molecule has 1 fully saturated rings. The van der Waals surface area contributed by atoms with Gasteiger partial charge in [0.1, 0.15) is 0 Å². The van der Waals surface area contributed by atoms with E-state index in [1.807, 2.05) is 7.11 Å². The molecule has 1 saturated heterocycles. The predicted octanol–water partition coefficient (Wildman–Crippen LogP) is 2.41. The van der Waals surface area contributed by atoms with Crippen LogP contribution >= 0.6 is 0 Å². The smallest absolute Gasteiger partial charge is 0.0746 e. The topological polar surface area (TPSA) is 24.5 Å². The van der Waals surface area contributed by atoms with Crippen molar-refractivity contribution in [2.75, 3.05) is 31.6 Å². The molecular formula is C15H24N2O. The van der Waals surface area contributed by atoms with Gasteiger partial charge in [-0.3, -0.25) is 0 Å². The van der Waals surface area contributed by atoms with Crippen molar-refractivity contribution >= 4 is 5.69 Å². The third kappa shape index (κ3) is 3.47. The van der Waals surface area contributed by atoms with Crippen LogP contribution in [-0.4, -0.2) is 32.8 Å². The number of hydrogen-bond donors (Lipinski definition) is 1. The quantitative estimate of drug-likeness (QED) is 0.866. The second kappa shape index (κ2) is 6.76. The van der Waals surface area contributed by atoms with Crippen molar-refractivity contribution in [3.8, 4) is 0 Å². The number of benzene rings is 1.